The van der Waals surface area contributed by atoms with Crippen molar-refractivity contribution in [1.29, 1.82) is 0 Å². The Morgan fingerprint density at radius 3 is 2.69 bits per heavy atom. The molecule has 0 aliphatic heterocycles. The number of carbonyl (C=O) groups excluding carboxylic acids is 1. The van der Waals surface area contributed by atoms with Crippen molar-refractivity contribution in [2.75, 3.05) is 27.2 Å². The van der Waals surface area contributed by atoms with Crippen molar-refractivity contribution in [3.63, 3.8) is 0 Å². The van der Waals surface area contributed by atoms with Crippen LogP contribution in [-0.4, -0.2) is 47.4 Å². The summed E-state index contributed by atoms with van der Waals surface area (Å²) in [6, 6.07) is 13.1. The third kappa shape index (κ3) is 3.98. The Balaban J connectivity index is 1.99. The molecular formula is C19H23ClN5O+. The first-order valence-electron chi connectivity index (χ1n) is 8.50. The van der Waals surface area contributed by atoms with E-state index in [1.807, 2.05) is 48.1 Å². The van der Waals surface area contributed by atoms with E-state index in [0.29, 0.717) is 17.3 Å². The molecule has 6 nitrogen and oxygen atoms in total. The first-order chi connectivity index (χ1) is 12.5. The van der Waals surface area contributed by atoms with Crippen molar-refractivity contribution < 1.29 is 9.69 Å². The van der Waals surface area contributed by atoms with Crippen LogP contribution in [0.4, 0.5) is 0 Å². The number of rotatable bonds is 6. The van der Waals surface area contributed by atoms with E-state index in [4.69, 9.17) is 11.6 Å². The maximum atomic E-state index is 12.8. The molecule has 3 rings (SSSR count). The van der Waals surface area contributed by atoms with E-state index in [2.05, 4.69) is 24.5 Å². The number of hydrogen-bond donors (Lipinski definition) is 2. The lowest BCUT2D eigenvalue weighted by atomic mass is 10.2. The molecule has 1 aromatic carbocycles. The van der Waals surface area contributed by atoms with Crippen molar-refractivity contribution in [2.45, 2.75) is 0 Å². The molecule has 0 radical (unpaired) electrons. The summed E-state index contributed by atoms with van der Waals surface area (Å²) in [6.07, 6.45) is 1.95. The second-order valence-corrected chi connectivity index (χ2v) is 6.96. The molecule has 0 bridgehead atoms. The summed E-state index contributed by atoms with van der Waals surface area (Å²) in [4.78, 5) is 14.0. The minimum absolute atomic E-state index is 0.154. The quantitative estimate of drug-likeness (QED) is 0.687. The SMILES string of the molecule is Cn1cccc1-c1cc(C(=O)NCC[NH+](C)C)n(-c2cccc(Cl)c2)n1. The predicted molar refractivity (Wildman–Crippen MR) is 103 cm³/mol. The minimum atomic E-state index is -0.154. The van der Waals surface area contributed by atoms with Gasteiger partial charge in [0.2, 0.25) is 0 Å². The molecule has 0 atom stereocenters. The van der Waals surface area contributed by atoms with E-state index >= 15 is 0 Å². The number of aryl methyl sites for hydroxylation is 1. The Morgan fingerprint density at radius 2 is 2.04 bits per heavy atom. The third-order valence-electron chi connectivity index (χ3n) is 4.11. The van der Waals surface area contributed by atoms with Gasteiger partial charge >= 0.3 is 0 Å². The summed E-state index contributed by atoms with van der Waals surface area (Å²) in [5, 5.41) is 8.23. The Morgan fingerprint density at radius 1 is 1.23 bits per heavy atom. The molecule has 136 valence electrons. The smallest absolute Gasteiger partial charge is 0.270 e. The number of carbonyl (C=O) groups is 1. The van der Waals surface area contributed by atoms with Crippen molar-refractivity contribution in [3.05, 3.63) is 59.4 Å². The zero-order valence-corrected chi connectivity index (χ0v) is 15.9. The van der Waals surface area contributed by atoms with Crippen molar-refractivity contribution in [2.24, 2.45) is 7.05 Å². The number of aromatic nitrogens is 3. The first-order valence-corrected chi connectivity index (χ1v) is 8.88. The highest BCUT2D eigenvalue weighted by atomic mass is 35.5. The average Bonchev–Trinajstić information content (AvgIpc) is 3.20. The van der Waals surface area contributed by atoms with Gasteiger partial charge in [0.25, 0.3) is 5.91 Å². The zero-order valence-electron chi connectivity index (χ0n) is 15.2. The standard InChI is InChI=1S/C19H22ClN5O/c1-23(2)11-9-21-19(26)18-13-16(17-8-5-10-24(17)3)22-25(18)15-7-4-6-14(20)12-15/h4-8,10,12-13H,9,11H2,1-3H3,(H,21,26)/p+1. The lowest BCUT2D eigenvalue weighted by molar-refractivity contribution is -0.856. The second kappa shape index (κ2) is 7.76. The maximum Gasteiger partial charge on any atom is 0.270 e. The van der Waals surface area contributed by atoms with Gasteiger partial charge in [-0.25, -0.2) is 4.68 Å². The van der Waals surface area contributed by atoms with Crippen LogP contribution in [0.25, 0.3) is 17.1 Å². The van der Waals surface area contributed by atoms with Gasteiger partial charge in [-0.05, 0) is 36.4 Å². The molecule has 2 heterocycles. The van der Waals surface area contributed by atoms with E-state index in [-0.39, 0.29) is 5.91 Å². The van der Waals surface area contributed by atoms with E-state index in [1.165, 1.54) is 4.90 Å². The molecule has 0 fully saturated rings. The number of amides is 1. The summed E-state index contributed by atoms with van der Waals surface area (Å²) in [5.74, 6) is -0.154. The molecule has 2 N–H and O–H groups in total. The van der Waals surface area contributed by atoms with Crippen LogP contribution in [0.5, 0.6) is 0 Å². The molecule has 0 saturated heterocycles. The van der Waals surface area contributed by atoms with Crippen LogP contribution in [0.2, 0.25) is 5.02 Å². The topological polar surface area (TPSA) is 56.3 Å². The molecular weight excluding hydrogens is 350 g/mol. The monoisotopic (exact) mass is 372 g/mol. The third-order valence-corrected chi connectivity index (χ3v) is 4.35. The summed E-state index contributed by atoms with van der Waals surface area (Å²) < 4.78 is 3.62. The predicted octanol–water partition coefficient (Wildman–Crippen LogP) is 1.41. The van der Waals surface area contributed by atoms with E-state index < -0.39 is 0 Å². The Kier molecular flexibility index (Phi) is 5.44. The van der Waals surface area contributed by atoms with Gasteiger partial charge in [0.1, 0.15) is 11.4 Å². The number of benzene rings is 1. The summed E-state index contributed by atoms with van der Waals surface area (Å²) >= 11 is 6.13. The molecule has 26 heavy (non-hydrogen) atoms. The number of likely N-dealkylation sites (N-methyl/N-ethyl adjacent to an activating group) is 1. The van der Waals surface area contributed by atoms with E-state index in [9.17, 15) is 4.79 Å². The average molecular weight is 373 g/mol. The summed E-state index contributed by atoms with van der Waals surface area (Å²) in [5.41, 5.74) is 2.91. The van der Waals surface area contributed by atoms with Crippen molar-refractivity contribution in [3.8, 4) is 17.1 Å². The van der Waals surface area contributed by atoms with Crippen LogP contribution in [0.1, 0.15) is 10.5 Å². The fourth-order valence-corrected chi connectivity index (χ4v) is 2.90. The van der Waals surface area contributed by atoms with Crippen LogP contribution in [0.3, 0.4) is 0 Å². The summed E-state index contributed by atoms with van der Waals surface area (Å²) in [6.45, 7) is 1.45. The van der Waals surface area contributed by atoms with Crippen LogP contribution in [0, 0.1) is 0 Å². The van der Waals surface area contributed by atoms with Crippen molar-refractivity contribution in [1.82, 2.24) is 19.7 Å². The van der Waals surface area contributed by atoms with Gasteiger partial charge < -0.3 is 14.8 Å². The van der Waals surface area contributed by atoms with Crippen LogP contribution >= 0.6 is 11.6 Å². The molecule has 0 aliphatic carbocycles. The zero-order chi connectivity index (χ0) is 18.7. The van der Waals surface area contributed by atoms with Crippen LogP contribution < -0.4 is 10.2 Å². The van der Waals surface area contributed by atoms with Crippen molar-refractivity contribution >= 4 is 17.5 Å². The number of nitrogens with one attached hydrogen (secondary N) is 2. The Hall–Kier alpha value is -2.57. The van der Waals surface area contributed by atoms with Gasteiger partial charge in [0.05, 0.1) is 38.6 Å². The maximum absolute atomic E-state index is 12.8. The lowest BCUT2D eigenvalue weighted by Crippen LogP contribution is -3.06. The molecule has 0 saturated carbocycles. The number of quaternary nitrogens is 1. The number of hydrogen-bond acceptors (Lipinski definition) is 2. The second-order valence-electron chi connectivity index (χ2n) is 6.52. The van der Waals surface area contributed by atoms with Gasteiger partial charge in [-0.2, -0.15) is 5.10 Å². The molecule has 7 heteroatoms. The molecule has 2 aromatic heterocycles. The summed E-state index contributed by atoms with van der Waals surface area (Å²) in [7, 11) is 6.05. The van der Waals surface area contributed by atoms with E-state index in [0.717, 1.165) is 23.6 Å². The fourth-order valence-electron chi connectivity index (χ4n) is 2.72. The van der Waals surface area contributed by atoms with Gasteiger partial charge in [-0.1, -0.05) is 17.7 Å². The molecule has 0 spiro atoms. The lowest BCUT2D eigenvalue weighted by Gasteiger charge is -2.10. The fraction of sp³-hybridized carbons (Fsp3) is 0.263. The van der Waals surface area contributed by atoms with Crippen LogP contribution in [-0.2, 0) is 7.05 Å². The number of nitrogens with zero attached hydrogens (tertiary/aromatic N) is 3. The first kappa shape index (κ1) is 18.2. The van der Waals surface area contributed by atoms with Gasteiger partial charge in [-0.15, -0.1) is 0 Å². The van der Waals surface area contributed by atoms with Gasteiger partial charge in [0, 0.05) is 18.3 Å². The van der Waals surface area contributed by atoms with E-state index in [1.54, 1.807) is 16.8 Å². The largest absolute Gasteiger partial charge is 0.349 e. The van der Waals surface area contributed by atoms with Gasteiger partial charge in [0.15, 0.2) is 0 Å². The Bertz CT molecular complexity index is 912. The highest BCUT2D eigenvalue weighted by Gasteiger charge is 2.18. The molecule has 1 amide bonds. The van der Waals surface area contributed by atoms with Crippen LogP contribution in [0.15, 0.2) is 48.7 Å². The Labute approximate surface area is 158 Å². The normalized spacial score (nSPS) is 11.1. The highest BCUT2D eigenvalue weighted by Crippen LogP contribution is 2.23. The molecule has 3 aromatic rings. The number of halogens is 1. The highest BCUT2D eigenvalue weighted by molar-refractivity contribution is 6.30. The molecule has 0 unspecified atom stereocenters. The minimum Gasteiger partial charge on any atom is -0.349 e. The van der Waals surface area contributed by atoms with Gasteiger partial charge in [-0.3, -0.25) is 4.79 Å². The molecule has 0 aliphatic rings.